The van der Waals surface area contributed by atoms with Gasteiger partial charge >= 0.3 is 17.3 Å². The van der Waals surface area contributed by atoms with Gasteiger partial charge in [-0.2, -0.15) is 13.2 Å². The van der Waals surface area contributed by atoms with Crippen LogP contribution in [-0.2, 0) is 12.6 Å². The Morgan fingerprint density at radius 3 is 2.65 bits per heavy atom. The summed E-state index contributed by atoms with van der Waals surface area (Å²) in [5, 5.41) is 0. The van der Waals surface area contributed by atoms with Crippen LogP contribution in [0, 0.1) is 0 Å². The minimum absolute atomic E-state index is 0.0832. The number of hydrogen-bond acceptors (Lipinski definition) is 3. The van der Waals surface area contributed by atoms with Crippen LogP contribution in [0.15, 0.2) is 40.2 Å². The first-order valence-corrected chi connectivity index (χ1v) is 6.72. The molecule has 120 valence electrons. The maximum atomic E-state index is 12.8. The van der Waals surface area contributed by atoms with Gasteiger partial charge in [0.25, 0.3) is 0 Å². The number of nitrogens with zero attached hydrogens (tertiary/aromatic N) is 3. The van der Waals surface area contributed by atoms with Crippen molar-refractivity contribution in [2.75, 3.05) is 0 Å². The molecule has 6 nitrogen and oxygen atoms in total. The summed E-state index contributed by atoms with van der Waals surface area (Å²) < 4.78 is 40.8. The molecule has 3 aromatic rings. The lowest BCUT2D eigenvalue weighted by molar-refractivity contribution is -0.137. The lowest BCUT2D eigenvalue weighted by Gasteiger charge is -2.14. The smallest absolute Gasteiger partial charge is 0.316 e. The summed E-state index contributed by atoms with van der Waals surface area (Å²) in [5.41, 5.74) is -2.75. The lowest BCUT2D eigenvalue weighted by Crippen LogP contribution is -2.39. The molecule has 2 heterocycles. The zero-order chi connectivity index (χ0) is 16.8. The van der Waals surface area contributed by atoms with E-state index in [1.165, 1.54) is 17.1 Å². The Morgan fingerprint density at radius 1 is 1.26 bits per heavy atom. The number of aromatic nitrogens is 4. The van der Waals surface area contributed by atoms with Crippen LogP contribution in [0.4, 0.5) is 13.2 Å². The van der Waals surface area contributed by atoms with Gasteiger partial charge in [-0.15, -0.1) is 0 Å². The van der Waals surface area contributed by atoms with Crippen molar-refractivity contribution in [3.05, 3.63) is 62.7 Å². The summed E-state index contributed by atoms with van der Waals surface area (Å²) in [5.74, 6) is 0.499. The Labute approximate surface area is 126 Å². The molecule has 1 N–H and O–H groups in total. The van der Waals surface area contributed by atoms with Gasteiger partial charge in [0.1, 0.15) is 5.82 Å². The molecule has 0 amide bonds. The number of aryl methyl sites for hydroxylation is 1. The zero-order valence-electron chi connectivity index (χ0n) is 11.9. The van der Waals surface area contributed by atoms with Gasteiger partial charge in [-0.05, 0) is 18.2 Å². The molecule has 0 saturated heterocycles. The van der Waals surface area contributed by atoms with Gasteiger partial charge in [0.2, 0.25) is 0 Å². The molecular weight excluding hydrogens is 313 g/mol. The Kier molecular flexibility index (Phi) is 3.35. The van der Waals surface area contributed by atoms with Crippen molar-refractivity contribution in [1.29, 1.82) is 0 Å². The van der Waals surface area contributed by atoms with Gasteiger partial charge in [-0.3, -0.25) is 9.59 Å². The number of benzene rings is 1. The van der Waals surface area contributed by atoms with Crippen LogP contribution >= 0.6 is 0 Å². The minimum Gasteiger partial charge on any atom is -0.316 e. The average Bonchev–Trinajstić information content (AvgIpc) is 2.95. The quantitative estimate of drug-likeness (QED) is 0.730. The predicted molar refractivity (Wildman–Crippen MR) is 76.2 cm³/mol. The molecule has 1 aromatic carbocycles. The van der Waals surface area contributed by atoms with Crippen LogP contribution in [0.1, 0.15) is 18.3 Å². The summed E-state index contributed by atoms with van der Waals surface area (Å²) in [6.07, 6.45) is -1.15. The SMILES string of the molecule is CCc1nccn1-n1c(=O)c(=O)[nH]c2cc(C(F)(F)F)ccc21. The van der Waals surface area contributed by atoms with Gasteiger partial charge in [-0.1, -0.05) is 6.92 Å². The van der Waals surface area contributed by atoms with Crippen LogP contribution in [0.25, 0.3) is 11.0 Å². The molecule has 0 saturated carbocycles. The molecule has 0 bridgehead atoms. The molecule has 9 heteroatoms. The normalized spacial score (nSPS) is 12.0. The molecule has 3 rings (SSSR count). The van der Waals surface area contributed by atoms with Gasteiger partial charge in [0, 0.05) is 18.8 Å². The number of alkyl halides is 3. The summed E-state index contributed by atoms with van der Waals surface area (Å²) in [4.78, 5) is 30.2. The van der Waals surface area contributed by atoms with Crippen molar-refractivity contribution in [3.8, 4) is 0 Å². The van der Waals surface area contributed by atoms with Crippen molar-refractivity contribution < 1.29 is 13.2 Å². The number of aromatic amines is 1. The van der Waals surface area contributed by atoms with Gasteiger partial charge in [0.05, 0.1) is 16.6 Å². The second-order valence-electron chi connectivity index (χ2n) is 4.84. The van der Waals surface area contributed by atoms with E-state index in [2.05, 4.69) is 9.97 Å². The highest BCUT2D eigenvalue weighted by atomic mass is 19.4. The predicted octanol–water partition coefficient (Wildman–Crippen LogP) is 1.78. The third-order valence-electron chi connectivity index (χ3n) is 3.41. The van der Waals surface area contributed by atoms with Gasteiger partial charge in [0.15, 0.2) is 0 Å². The number of nitrogens with one attached hydrogen (secondary N) is 1. The van der Waals surface area contributed by atoms with E-state index >= 15 is 0 Å². The first-order valence-electron chi connectivity index (χ1n) is 6.72. The first kappa shape index (κ1) is 15.1. The fourth-order valence-electron chi connectivity index (χ4n) is 2.36. The van der Waals surface area contributed by atoms with E-state index in [-0.39, 0.29) is 11.0 Å². The topological polar surface area (TPSA) is 72.7 Å². The Morgan fingerprint density at radius 2 is 2.00 bits per heavy atom. The van der Waals surface area contributed by atoms with E-state index in [4.69, 9.17) is 0 Å². The summed E-state index contributed by atoms with van der Waals surface area (Å²) in [7, 11) is 0. The molecule has 0 radical (unpaired) electrons. The highest BCUT2D eigenvalue weighted by Crippen LogP contribution is 2.30. The number of imidazole rings is 1. The van der Waals surface area contributed by atoms with Crippen LogP contribution < -0.4 is 11.1 Å². The lowest BCUT2D eigenvalue weighted by atomic mass is 10.2. The van der Waals surface area contributed by atoms with E-state index in [0.29, 0.717) is 12.2 Å². The van der Waals surface area contributed by atoms with Crippen molar-refractivity contribution >= 4 is 11.0 Å². The number of rotatable bonds is 2. The molecule has 0 aliphatic rings. The second kappa shape index (κ2) is 5.11. The first-order chi connectivity index (χ1) is 10.8. The standard InChI is InChI=1S/C14H11F3N4O2/c1-2-11-18-5-6-20(11)21-10-4-3-8(14(15,16)17)7-9(10)19-12(22)13(21)23/h3-7H,2H2,1H3,(H,19,22). The van der Waals surface area contributed by atoms with Crippen LogP contribution in [0.5, 0.6) is 0 Å². The number of halogens is 3. The molecule has 23 heavy (non-hydrogen) atoms. The molecule has 0 spiro atoms. The second-order valence-corrected chi connectivity index (χ2v) is 4.84. The molecule has 0 atom stereocenters. The minimum atomic E-state index is -4.55. The largest absolute Gasteiger partial charge is 0.416 e. The molecule has 0 fully saturated rings. The summed E-state index contributed by atoms with van der Waals surface area (Å²) >= 11 is 0. The van der Waals surface area contributed by atoms with E-state index in [0.717, 1.165) is 22.9 Å². The summed E-state index contributed by atoms with van der Waals surface area (Å²) in [6.45, 7) is 1.81. The van der Waals surface area contributed by atoms with Crippen molar-refractivity contribution in [1.82, 2.24) is 19.3 Å². The van der Waals surface area contributed by atoms with Crippen LogP contribution in [-0.4, -0.2) is 19.3 Å². The van der Waals surface area contributed by atoms with Crippen LogP contribution in [0.2, 0.25) is 0 Å². The average molecular weight is 324 g/mol. The fraction of sp³-hybridized carbons (Fsp3) is 0.214. The molecule has 0 aliphatic heterocycles. The van der Waals surface area contributed by atoms with Crippen LogP contribution in [0.3, 0.4) is 0 Å². The molecule has 2 aromatic heterocycles. The number of fused-ring (bicyclic) bond motifs is 1. The Hall–Kier alpha value is -2.84. The molecular formula is C14H11F3N4O2. The number of hydrogen-bond donors (Lipinski definition) is 1. The highest BCUT2D eigenvalue weighted by Gasteiger charge is 2.31. The molecule has 0 unspecified atom stereocenters. The molecule has 0 aliphatic carbocycles. The van der Waals surface area contributed by atoms with E-state index in [1.54, 1.807) is 6.92 Å². The van der Waals surface area contributed by atoms with Gasteiger partial charge in [-0.25, -0.2) is 14.3 Å². The third-order valence-corrected chi connectivity index (χ3v) is 3.41. The summed E-state index contributed by atoms with van der Waals surface area (Å²) in [6, 6.07) is 2.81. The Bertz CT molecular complexity index is 998. The zero-order valence-corrected chi connectivity index (χ0v) is 11.9. The van der Waals surface area contributed by atoms with Crippen molar-refractivity contribution in [2.24, 2.45) is 0 Å². The van der Waals surface area contributed by atoms with Crippen molar-refractivity contribution in [3.63, 3.8) is 0 Å². The monoisotopic (exact) mass is 324 g/mol. The number of H-pyrrole nitrogens is 1. The third kappa shape index (κ3) is 2.43. The van der Waals surface area contributed by atoms with Gasteiger partial charge < -0.3 is 4.98 Å². The van der Waals surface area contributed by atoms with Crippen molar-refractivity contribution in [2.45, 2.75) is 19.5 Å². The maximum Gasteiger partial charge on any atom is 0.416 e. The maximum absolute atomic E-state index is 12.8. The van der Waals surface area contributed by atoms with E-state index < -0.39 is 22.9 Å². The van der Waals surface area contributed by atoms with E-state index in [9.17, 15) is 22.8 Å². The Balaban J connectivity index is 2.40. The fourth-order valence-corrected chi connectivity index (χ4v) is 2.36. The van der Waals surface area contributed by atoms with E-state index in [1.807, 2.05) is 0 Å². The highest BCUT2D eigenvalue weighted by molar-refractivity contribution is 5.75.